The highest BCUT2D eigenvalue weighted by atomic mass is 31.2. The van der Waals surface area contributed by atoms with Gasteiger partial charge in [0.05, 0.1) is 0 Å². The number of aldehydes is 1. The predicted octanol–water partition coefficient (Wildman–Crippen LogP) is 2.84. The first-order chi connectivity index (χ1) is 13.6. The summed E-state index contributed by atoms with van der Waals surface area (Å²) in [5, 5.41) is 2.48. The molecule has 4 nitrogen and oxygen atoms in total. The van der Waals surface area contributed by atoms with E-state index in [1.54, 1.807) is 0 Å². The summed E-state index contributed by atoms with van der Waals surface area (Å²) in [6.45, 7) is 1.22. The Morgan fingerprint density at radius 1 is 0.750 bits per heavy atom. The molecule has 1 unspecified atom stereocenters. The van der Waals surface area contributed by atoms with Crippen molar-refractivity contribution in [1.82, 2.24) is 0 Å². The zero-order valence-corrected chi connectivity index (χ0v) is 16.3. The molecule has 3 rings (SSSR count). The first kappa shape index (κ1) is 19.7. The molecule has 1 atom stereocenters. The average molecular weight is 391 g/mol. The molecule has 0 saturated carbocycles. The quantitative estimate of drug-likeness (QED) is 0.353. The van der Waals surface area contributed by atoms with Crippen LogP contribution in [0.25, 0.3) is 0 Å². The summed E-state index contributed by atoms with van der Waals surface area (Å²) in [6.07, 6.45) is 0.348. The molecule has 140 valence electrons. The summed E-state index contributed by atoms with van der Waals surface area (Å²) in [6, 6.07) is 28.4. The van der Waals surface area contributed by atoms with E-state index in [4.69, 9.17) is 4.52 Å². The van der Waals surface area contributed by atoms with E-state index in [1.165, 1.54) is 6.92 Å². The van der Waals surface area contributed by atoms with Crippen molar-refractivity contribution in [2.24, 2.45) is 5.92 Å². The second kappa shape index (κ2) is 8.73. The molecular formula is C23H20O4P+. The fourth-order valence-electron chi connectivity index (χ4n) is 3.03. The van der Waals surface area contributed by atoms with E-state index < -0.39 is 25.2 Å². The minimum absolute atomic E-state index is 0.348. The van der Waals surface area contributed by atoms with Crippen LogP contribution in [-0.2, 0) is 18.9 Å². The van der Waals surface area contributed by atoms with Gasteiger partial charge >= 0.3 is 5.97 Å². The lowest BCUT2D eigenvalue weighted by molar-refractivity contribution is -0.144. The highest BCUT2D eigenvalue weighted by Crippen LogP contribution is 2.56. The summed E-state index contributed by atoms with van der Waals surface area (Å²) in [4.78, 5) is 36.1. The number of carbonyl (C=O) groups excluding carboxylic acids is 3. The number of benzene rings is 3. The molecule has 0 aliphatic carbocycles. The molecule has 3 aromatic carbocycles. The van der Waals surface area contributed by atoms with Gasteiger partial charge in [0.1, 0.15) is 22.2 Å². The maximum Gasteiger partial charge on any atom is 0.369 e. The van der Waals surface area contributed by atoms with Crippen LogP contribution in [0.4, 0.5) is 0 Å². The number of hydrogen-bond donors (Lipinski definition) is 0. The Kier molecular flexibility index (Phi) is 6.13. The number of carbonyl (C=O) groups is 3. The van der Waals surface area contributed by atoms with E-state index >= 15 is 0 Å². The van der Waals surface area contributed by atoms with Gasteiger partial charge in [0, 0.05) is 0 Å². The molecule has 3 aromatic rings. The van der Waals surface area contributed by atoms with Gasteiger partial charge in [0.25, 0.3) is 7.49 Å². The highest BCUT2D eigenvalue weighted by molar-refractivity contribution is 7.92. The molecule has 0 spiro atoms. The van der Waals surface area contributed by atoms with Crippen LogP contribution in [0, 0.1) is 5.92 Å². The molecule has 0 amide bonds. The van der Waals surface area contributed by atoms with E-state index in [1.807, 2.05) is 91.0 Å². The van der Waals surface area contributed by atoms with Gasteiger partial charge in [0.15, 0.2) is 11.7 Å². The van der Waals surface area contributed by atoms with E-state index in [-0.39, 0.29) is 0 Å². The van der Waals surface area contributed by atoms with Gasteiger partial charge in [0.2, 0.25) is 0 Å². The molecule has 0 N–H and O–H groups in total. The van der Waals surface area contributed by atoms with Crippen molar-refractivity contribution in [2.75, 3.05) is 0 Å². The SMILES string of the molecule is CC(=O)C(C=O)C(=O)O[P+](c1ccccc1)(c1ccccc1)c1ccccc1. The minimum Gasteiger partial charge on any atom is -0.302 e. The van der Waals surface area contributed by atoms with Crippen molar-refractivity contribution in [3.8, 4) is 0 Å². The van der Waals surface area contributed by atoms with Gasteiger partial charge in [-0.05, 0) is 43.3 Å². The fraction of sp³-hybridized carbons (Fsp3) is 0.0870. The Morgan fingerprint density at radius 3 is 1.39 bits per heavy atom. The van der Waals surface area contributed by atoms with Crippen molar-refractivity contribution in [1.29, 1.82) is 0 Å². The van der Waals surface area contributed by atoms with E-state index in [0.717, 1.165) is 15.9 Å². The zero-order valence-electron chi connectivity index (χ0n) is 15.4. The van der Waals surface area contributed by atoms with Crippen molar-refractivity contribution in [2.45, 2.75) is 6.92 Å². The second-order valence-corrected chi connectivity index (χ2v) is 9.20. The maximum atomic E-state index is 12.9. The summed E-state index contributed by atoms with van der Waals surface area (Å²) in [5.74, 6) is -2.80. The van der Waals surface area contributed by atoms with Gasteiger partial charge in [-0.25, -0.2) is 4.79 Å². The Labute approximate surface area is 164 Å². The first-order valence-corrected chi connectivity index (χ1v) is 10.6. The molecule has 0 bridgehead atoms. The maximum absolute atomic E-state index is 12.9. The third-order valence-corrected chi connectivity index (χ3v) is 7.94. The Bertz CT molecular complexity index is 859. The Hall–Kier alpha value is -3.10. The highest BCUT2D eigenvalue weighted by Gasteiger charge is 2.52. The van der Waals surface area contributed by atoms with Crippen molar-refractivity contribution in [3.63, 3.8) is 0 Å². The molecule has 0 aromatic heterocycles. The van der Waals surface area contributed by atoms with Gasteiger partial charge in [-0.15, -0.1) is 0 Å². The standard InChI is InChI=1S/C23H20O4P/c1-18(25)22(17-24)23(26)27-28(19-11-5-2-6-12-19,20-13-7-3-8-14-20)21-15-9-4-10-16-21/h2-17,22H,1H3/q+1. The van der Waals surface area contributed by atoms with Gasteiger partial charge in [-0.3, -0.25) is 9.32 Å². The molecule has 0 aliphatic heterocycles. The molecule has 28 heavy (non-hydrogen) atoms. The summed E-state index contributed by atoms with van der Waals surface area (Å²) >= 11 is 0. The Morgan fingerprint density at radius 2 is 1.11 bits per heavy atom. The lowest BCUT2D eigenvalue weighted by Gasteiger charge is -2.25. The number of rotatable bonds is 7. The average Bonchev–Trinajstić information content (AvgIpc) is 2.74. The third-order valence-electron chi connectivity index (χ3n) is 4.41. The molecule has 0 radical (unpaired) electrons. The largest absolute Gasteiger partial charge is 0.369 e. The first-order valence-electron chi connectivity index (χ1n) is 8.84. The van der Waals surface area contributed by atoms with Crippen LogP contribution in [0.15, 0.2) is 91.0 Å². The monoisotopic (exact) mass is 391 g/mol. The van der Waals surface area contributed by atoms with E-state index in [9.17, 15) is 14.4 Å². The third kappa shape index (κ3) is 3.78. The normalized spacial score (nSPS) is 12.0. The molecule has 0 aliphatic rings. The lowest BCUT2D eigenvalue weighted by atomic mass is 10.1. The molecule has 0 fully saturated rings. The number of Topliss-reactive ketones (excluding diaryl/α,β-unsaturated/α-hetero) is 1. The summed E-state index contributed by atoms with van der Waals surface area (Å²) in [5.41, 5.74) is 0. The fourth-order valence-corrected chi connectivity index (χ4v) is 6.40. The molecular weight excluding hydrogens is 371 g/mol. The van der Waals surface area contributed by atoms with Crippen LogP contribution in [0.2, 0.25) is 0 Å². The van der Waals surface area contributed by atoms with Crippen molar-refractivity contribution < 1.29 is 18.9 Å². The predicted molar refractivity (Wildman–Crippen MR) is 111 cm³/mol. The van der Waals surface area contributed by atoms with E-state index in [2.05, 4.69) is 0 Å². The molecule has 0 heterocycles. The van der Waals surface area contributed by atoms with Crippen LogP contribution in [0.5, 0.6) is 0 Å². The summed E-state index contributed by atoms with van der Waals surface area (Å²) < 4.78 is 6.13. The van der Waals surface area contributed by atoms with Crippen LogP contribution in [-0.4, -0.2) is 18.0 Å². The smallest absolute Gasteiger partial charge is 0.302 e. The van der Waals surface area contributed by atoms with Crippen LogP contribution in [0.3, 0.4) is 0 Å². The van der Waals surface area contributed by atoms with Crippen molar-refractivity contribution in [3.05, 3.63) is 91.0 Å². The van der Waals surface area contributed by atoms with Crippen LogP contribution < -0.4 is 15.9 Å². The second-order valence-electron chi connectivity index (χ2n) is 6.25. The van der Waals surface area contributed by atoms with Crippen LogP contribution in [0.1, 0.15) is 6.92 Å². The van der Waals surface area contributed by atoms with Gasteiger partial charge in [-0.2, -0.15) is 0 Å². The topological polar surface area (TPSA) is 60.4 Å². The molecule has 5 heteroatoms. The number of hydrogen-bond acceptors (Lipinski definition) is 4. The van der Waals surface area contributed by atoms with Gasteiger partial charge < -0.3 is 4.79 Å². The van der Waals surface area contributed by atoms with Crippen molar-refractivity contribution >= 4 is 41.4 Å². The zero-order chi connectivity index (χ0) is 20.0. The lowest BCUT2D eigenvalue weighted by Crippen LogP contribution is -2.37. The van der Waals surface area contributed by atoms with Gasteiger partial charge in [-0.1, -0.05) is 54.6 Å². The summed E-state index contributed by atoms with van der Waals surface area (Å²) in [7, 11) is -2.88. The minimum atomic E-state index is -2.88. The Balaban J connectivity index is 2.27. The van der Waals surface area contributed by atoms with Crippen LogP contribution >= 0.6 is 7.49 Å². The molecule has 0 saturated heterocycles. The van der Waals surface area contributed by atoms with E-state index in [0.29, 0.717) is 6.29 Å². The number of ketones is 1.